The van der Waals surface area contributed by atoms with Gasteiger partial charge in [0.15, 0.2) is 10.6 Å². The number of aromatic nitrogens is 3. The minimum Gasteiger partial charge on any atom is -0.486 e. The minimum absolute atomic E-state index is 0.313. The predicted octanol–water partition coefficient (Wildman–Crippen LogP) is 6.35. The average Bonchev–Trinajstić information content (AvgIpc) is 3.14. The third-order valence-corrected chi connectivity index (χ3v) is 6.31. The Hall–Kier alpha value is -2.93. The number of halogens is 1. The fraction of sp³-hybridized carbons (Fsp3) is 0.259. The van der Waals surface area contributed by atoms with E-state index in [0.717, 1.165) is 30.1 Å². The molecule has 4 rings (SSSR count). The van der Waals surface area contributed by atoms with Gasteiger partial charge in [0.05, 0.1) is 13.2 Å². The van der Waals surface area contributed by atoms with E-state index in [0.29, 0.717) is 29.6 Å². The first-order valence-corrected chi connectivity index (χ1v) is 12.2. The molecule has 0 unspecified atom stereocenters. The van der Waals surface area contributed by atoms with Crippen LogP contribution in [0.3, 0.4) is 0 Å². The second-order valence-electron chi connectivity index (χ2n) is 8.34. The van der Waals surface area contributed by atoms with Gasteiger partial charge >= 0.3 is 0 Å². The van der Waals surface area contributed by atoms with E-state index in [2.05, 4.69) is 55.3 Å². The molecule has 0 aliphatic rings. The summed E-state index contributed by atoms with van der Waals surface area (Å²) in [5, 5.41) is 5.51. The van der Waals surface area contributed by atoms with Crippen molar-refractivity contribution >= 4 is 23.8 Å². The van der Waals surface area contributed by atoms with E-state index in [4.69, 9.17) is 33.7 Å². The molecule has 0 amide bonds. The van der Waals surface area contributed by atoms with Crippen molar-refractivity contribution in [1.82, 2.24) is 19.2 Å². The topological polar surface area (TPSA) is 35.2 Å². The van der Waals surface area contributed by atoms with Crippen LogP contribution in [-0.4, -0.2) is 26.3 Å². The Morgan fingerprint density at radius 2 is 1.59 bits per heavy atom. The molecule has 4 aromatic rings. The first-order valence-electron chi connectivity index (χ1n) is 11.4. The van der Waals surface area contributed by atoms with Crippen LogP contribution in [0.4, 0.5) is 0 Å². The molecule has 0 N–H and O–H groups in total. The molecule has 7 heteroatoms. The molecule has 0 saturated heterocycles. The van der Waals surface area contributed by atoms with Gasteiger partial charge in [-0.05, 0) is 66.6 Å². The monoisotopic (exact) mass is 492 g/mol. The summed E-state index contributed by atoms with van der Waals surface area (Å²) in [6, 6.07) is 26.4. The second kappa shape index (κ2) is 11.5. The standard InChI is InChI=1S/C27H29ClN4OS/c1-3-21-9-11-23(12-10-21)17-30(2)20-32-27(34)31(18-22-7-5-4-6-8-22)26(29-32)19-33-25-15-13-24(28)14-16-25/h4-16H,3,17-20H2,1-2H3. The summed E-state index contributed by atoms with van der Waals surface area (Å²) in [6.07, 6.45) is 1.05. The van der Waals surface area contributed by atoms with Crippen molar-refractivity contribution in [2.45, 2.75) is 39.7 Å². The SMILES string of the molecule is CCc1ccc(CN(C)Cn2nc(COc3ccc(Cl)cc3)n(Cc3ccccc3)c2=S)cc1. The van der Waals surface area contributed by atoms with Crippen molar-refractivity contribution < 1.29 is 4.74 Å². The van der Waals surface area contributed by atoms with Crippen LogP contribution in [0.15, 0.2) is 78.9 Å². The lowest BCUT2D eigenvalue weighted by atomic mass is 10.1. The molecule has 0 radical (unpaired) electrons. The van der Waals surface area contributed by atoms with Crippen LogP contribution < -0.4 is 4.74 Å². The van der Waals surface area contributed by atoms with E-state index in [9.17, 15) is 0 Å². The molecule has 5 nitrogen and oxygen atoms in total. The van der Waals surface area contributed by atoms with Crippen molar-refractivity contribution in [3.8, 4) is 5.75 Å². The molecular weight excluding hydrogens is 464 g/mol. The highest BCUT2D eigenvalue weighted by molar-refractivity contribution is 7.71. The smallest absolute Gasteiger partial charge is 0.199 e. The van der Waals surface area contributed by atoms with Crippen molar-refractivity contribution in [1.29, 1.82) is 0 Å². The van der Waals surface area contributed by atoms with Gasteiger partial charge in [0.1, 0.15) is 12.4 Å². The number of benzene rings is 3. The maximum absolute atomic E-state index is 6.00. The lowest BCUT2D eigenvalue weighted by Crippen LogP contribution is -2.22. The van der Waals surface area contributed by atoms with E-state index < -0.39 is 0 Å². The zero-order valence-corrected chi connectivity index (χ0v) is 21.1. The summed E-state index contributed by atoms with van der Waals surface area (Å²) in [5.41, 5.74) is 3.77. The number of rotatable bonds is 10. The van der Waals surface area contributed by atoms with Crippen LogP contribution in [0.1, 0.15) is 29.4 Å². The average molecular weight is 493 g/mol. The first-order chi connectivity index (χ1) is 16.5. The fourth-order valence-electron chi connectivity index (χ4n) is 3.76. The maximum atomic E-state index is 6.00. The number of nitrogens with zero attached hydrogens (tertiary/aromatic N) is 4. The Kier molecular flexibility index (Phi) is 8.16. The van der Waals surface area contributed by atoms with Crippen LogP contribution in [0.25, 0.3) is 0 Å². The Labute approximate surface area is 211 Å². The van der Waals surface area contributed by atoms with E-state index in [1.54, 1.807) is 0 Å². The molecule has 0 saturated carbocycles. The number of aryl methyl sites for hydroxylation is 1. The number of ether oxygens (including phenoxy) is 1. The van der Waals surface area contributed by atoms with Crippen molar-refractivity contribution in [3.63, 3.8) is 0 Å². The van der Waals surface area contributed by atoms with Crippen LogP contribution >= 0.6 is 23.8 Å². The Balaban J connectivity index is 1.53. The van der Waals surface area contributed by atoms with Gasteiger partial charge in [-0.3, -0.25) is 9.47 Å². The van der Waals surface area contributed by atoms with Crippen LogP contribution in [0.2, 0.25) is 5.02 Å². The molecule has 0 fully saturated rings. The summed E-state index contributed by atoms with van der Waals surface area (Å²) in [5.74, 6) is 1.52. The van der Waals surface area contributed by atoms with Crippen LogP contribution in [0, 0.1) is 4.77 Å². The van der Waals surface area contributed by atoms with Gasteiger partial charge in [-0.15, -0.1) is 0 Å². The van der Waals surface area contributed by atoms with E-state index >= 15 is 0 Å². The molecule has 0 atom stereocenters. The highest BCUT2D eigenvalue weighted by Crippen LogP contribution is 2.18. The summed E-state index contributed by atoms with van der Waals surface area (Å²) >= 11 is 11.8. The van der Waals surface area contributed by atoms with E-state index in [-0.39, 0.29) is 0 Å². The summed E-state index contributed by atoms with van der Waals surface area (Å²) in [6.45, 7) is 4.52. The first kappa shape index (κ1) is 24.2. The molecule has 1 aromatic heterocycles. The molecule has 0 spiro atoms. The highest BCUT2D eigenvalue weighted by Gasteiger charge is 2.14. The molecule has 0 aliphatic heterocycles. The predicted molar refractivity (Wildman–Crippen MR) is 140 cm³/mol. The molecule has 34 heavy (non-hydrogen) atoms. The normalized spacial score (nSPS) is 11.2. The lowest BCUT2D eigenvalue weighted by molar-refractivity contribution is 0.241. The number of hydrogen-bond acceptors (Lipinski definition) is 4. The Morgan fingerprint density at radius 3 is 2.26 bits per heavy atom. The summed E-state index contributed by atoms with van der Waals surface area (Å²) < 4.78 is 10.6. The van der Waals surface area contributed by atoms with Gasteiger partial charge in [0, 0.05) is 11.6 Å². The third kappa shape index (κ3) is 6.35. The molecule has 1 heterocycles. The minimum atomic E-state index is 0.313. The summed E-state index contributed by atoms with van der Waals surface area (Å²) in [4.78, 5) is 2.21. The van der Waals surface area contributed by atoms with Gasteiger partial charge in [-0.25, -0.2) is 4.68 Å². The van der Waals surface area contributed by atoms with E-state index in [1.165, 1.54) is 11.1 Å². The van der Waals surface area contributed by atoms with Gasteiger partial charge in [-0.1, -0.05) is 73.1 Å². The zero-order valence-electron chi connectivity index (χ0n) is 19.5. The molecule has 0 bridgehead atoms. The van der Waals surface area contributed by atoms with Crippen LogP contribution in [-0.2, 0) is 32.8 Å². The lowest BCUT2D eigenvalue weighted by Gasteiger charge is -2.16. The Morgan fingerprint density at radius 1 is 0.912 bits per heavy atom. The van der Waals surface area contributed by atoms with Gasteiger partial charge < -0.3 is 4.74 Å². The molecule has 176 valence electrons. The van der Waals surface area contributed by atoms with E-state index in [1.807, 2.05) is 51.7 Å². The quantitative estimate of drug-likeness (QED) is 0.242. The van der Waals surface area contributed by atoms with Crippen molar-refractivity contribution in [3.05, 3.63) is 111 Å². The third-order valence-electron chi connectivity index (χ3n) is 5.62. The molecule has 0 aliphatic carbocycles. The maximum Gasteiger partial charge on any atom is 0.199 e. The van der Waals surface area contributed by atoms with Gasteiger partial charge in [-0.2, -0.15) is 5.10 Å². The largest absolute Gasteiger partial charge is 0.486 e. The highest BCUT2D eigenvalue weighted by atomic mass is 35.5. The zero-order chi connectivity index (χ0) is 23.9. The second-order valence-corrected chi connectivity index (χ2v) is 9.14. The number of hydrogen-bond donors (Lipinski definition) is 0. The fourth-order valence-corrected chi connectivity index (χ4v) is 4.15. The van der Waals surface area contributed by atoms with Crippen LogP contribution in [0.5, 0.6) is 5.75 Å². The summed E-state index contributed by atoms with van der Waals surface area (Å²) in [7, 11) is 2.08. The molecular formula is C27H29ClN4OS. The van der Waals surface area contributed by atoms with Gasteiger partial charge in [0.25, 0.3) is 0 Å². The molecule has 3 aromatic carbocycles. The van der Waals surface area contributed by atoms with Gasteiger partial charge in [0.2, 0.25) is 0 Å². The Bertz CT molecular complexity index is 1250. The van der Waals surface area contributed by atoms with Crippen molar-refractivity contribution in [2.75, 3.05) is 7.05 Å². The van der Waals surface area contributed by atoms with Crippen molar-refractivity contribution in [2.24, 2.45) is 0 Å².